The van der Waals surface area contributed by atoms with Crippen molar-refractivity contribution >= 4 is 21.4 Å². The Hall–Kier alpha value is -1.89. The van der Waals surface area contributed by atoms with E-state index in [9.17, 15) is 8.42 Å². The Morgan fingerprint density at radius 1 is 0.929 bits per heavy atom. The first-order valence-electron chi connectivity index (χ1n) is 9.35. The first kappa shape index (κ1) is 20.8. The summed E-state index contributed by atoms with van der Waals surface area (Å²) in [5, 5.41) is 2.02. The number of hydrogen-bond acceptors (Lipinski definition) is 4. The zero-order valence-corrected chi connectivity index (χ0v) is 18.7. The maximum atomic E-state index is 13.8. The fourth-order valence-corrected chi connectivity index (χ4v) is 6.20. The SMILES string of the molecule is Cc1c(C)c(C)c(S(=O)(=O)N(CCc2cccs2)Cc2ccco2)c(C)c1C. The summed E-state index contributed by atoms with van der Waals surface area (Å²) in [6.45, 7) is 10.5. The summed E-state index contributed by atoms with van der Waals surface area (Å²) in [4.78, 5) is 1.61. The second-order valence-corrected chi connectivity index (χ2v) is 10.1. The first-order valence-corrected chi connectivity index (χ1v) is 11.7. The highest BCUT2D eigenvalue weighted by molar-refractivity contribution is 7.89. The predicted octanol–water partition coefficient (Wildman–Crippen LogP) is 5.32. The summed E-state index contributed by atoms with van der Waals surface area (Å²) in [5.41, 5.74) is 4.91. The normalized spacial score (nSPS) is 12.1. The number of rotatable bonds is 7. The number of thiophene rings is 1. The maximum absolute atomic E-state index is 13.8. The molecule has 0 unspecified atom stereocenters. The van der Waals surface area contributed by atoms with Crippen molar-refractivity contribution in [3.05, 3.63) is 74.4 Å². The molecule has 28 heavy (non-hydrogen) atoms. The Morgan fingerprint density at radius 3 is 2.11 bits per heavy atom. The van der Waals surface area contributed by atoms with Crippen molar-refractivity contribution in [2.75, 3.05) is 6.54 Å². The summed E-state index contributed by atoms with van der Waals surface area (Å²) in [5.74, 6) is 0.644. The maximum Gasteiger partial charge on any atom is 0.244 e. The Balaban J connectivity index is 2.05. The van der Waals surface area contributed by atoms with Crippen LogP contribution in [-0.4, -0.2) is 19.3 Å². The minimum absolute atomic E-state index is 0.228. The van der Waals surface area contributed by atoms with Gasteiger partial charge in [0.2, 0.25) is 10.0 Å². The third-order valence-corrected chi connectivity index (χ3v) is 8.69. The lowest BCUT2D eigenvalue weighted by molar-refractivity contribution is 0.366. The van der Waals surface area contributed by atoms with E-state index in [1.807, 2.05) is 51.3 Å². The van der Waals surface area contributed by atoms with Crippen LogP contribution in [0.15, 0.2) is 45.2 Å². The molecule has 0 saturated carbocycles. The lowest BCUT2D eigenvalue weighted by Gasteiger charge is -2.25. The fourth-order valence-electron chi connectivity index (χ4n) is 3.53. The molecular weight excluding hydrogens is 390 g/mol. The van der Waals surface area contributed by atoms with E-state index < -0.39 is 10.0 Å². The van der Waals surface area contributed by atoms with Crippen LogP contribution in [0.1, 0.15) is 38.5 Å². The molecule has 0 fully saturated rings. The van der Waals surface area contributed by atoms with Crippen molar-refractivity contribution in [2.45, 2.75) is 52.5 Å². The molecule has 150 valence electrons. The first-order chi connectivity index (χ1) is 13.2. The lowest BCUT2D eigenvalue weighted by atomic mass is 9.95. The third-order valence-electron chi connectivity index (χ3n) is 5.63. The van der Waals surface area contributed by atoms with Gasteiger partial charge < -0.3 is 4.42 Å². The van der Waals surface area contributed by atoms with Gasteiger partial charge in [0.25, 0.3) is 0 Å². The van der Waals surface area contributed by atoms with E-state index in [0.29, 0.717) is 23.6 Å². The van der Waals surface area contributed by atoms with Crippen LogP contribution in [0.2, 0.25) is 0 Å². The summed E-state index contributed by atoms with van der Waals surface area (Å²) in [6, 6.07) is 7.64. The molecular formula is C22H27NO3S2. The molecule has 6 heteroatoms. The molecule has 0 spiro atoms. The molecule has 2 heterocycles. The van der Waals surface area contributed by atoms with Crippen LogP contribution < -0.4 is 0 Å². The minimum atomic E-state index is -3.68. The molecule has 0 saturated heterocycles. The van der Waals surface area contributed by atoms with Crippen molar-refractivity contribution in [2.24, 2.45) is 0 Å². The number of sulfonamides is 1. The second kappa shape index (κ2) is 8.23. The number of nitrogens with zero attached hydrogens (tertiary/aromatic N) is 1. The molecule has 4 nitrogen and oxygen atoms in total. The molecule has 0 N–H and O–H groups in total. The van der Waals surface area contributed by atoms with Crippen molar-refractivity contribution in [3.8, 4) is 0 Å². The number of furan rings is 1. The van der Waals surface area contributed by atoms with Gasteiger partial charge in [-0.1, -0.05) is 6.07 Å². The van der Waals surface area contributed by atoms with E-state index in [1.54, 1.807) is 28.0 Å². The molecule has 1 aromatic carbocycles. The lowest BCUT2D eigenvalue weighted by Crippen LogP contribution is -2.33. The zero-order chi connectivity index (χ0) is 20.5. The largest absolute Gasteiger partial charge is 0.468 e. The van der Waals surface area contributed by atoms with E-state index in [1.165, 1.54) is 4.88 Å². The van der Waals surface area contributed by atoms with Crippen LogP contribution in [0.3, 0.4) is 0 Å². The van der Waals surface area contributed by atoms with E-state index in [4.69, 9.17) is 4.42 Å². The Morgan fingerprint density at radius 2 is 1.57 bits per heavy atom. The average Bonchev–Trinajstić information content (AvgIpc) is 3.35. The topological polar surface area (TPSA) is 50.5 Å². The highest BCUT2D eigenvalue weighted by Crippen LogP contribution is 2.32. The molecule has 0 aliphatic rings. The average molecular weight is 418 g/mol. The molecule has 2 aromatic heterocycles. The molecule has 3 aromatic rings. The van der Waals surface area contributed by atoms with Crippen molar-refractivity contribution in [1.82, 2.24) is 4.31 Å². The van der Waals surface area contributed by atoms with Crippen LogP contribution in [0.4, 0.5) is 0 Å². The fraction of sp³-hybridized carbons (Fsp3) is 0.364. The molecule has 0 amide bonds. The van der Waals surface area contributed by atoms with Crippen LogP contribution >= 0.6 is 11.3 Å². The van der Waals surface area contributed by atoms with Gasteiger partial charge in [-0.05, 0) is 92.4 Å². The highest BCUT2D eigenvalue weighted by atomic mass is 32.2. The van der Waals surface area contributed by atoms with E-state index in [-0.39, 0.29) is 6.54 Å². The van der Waals surface area contributed by atoms with Gasteiger partial charge in [0.1, 0.15) is 5.76 Å². The van der Waals surface area contributed by atoms with Gasteiger partial charge in [0.15, 0.2) is 0 Å². The van der Waals surface area contributed by atoms with Gasteiger partial charge in [-0.3, -0.25) is 0 Å². The standard InChI is InChI=1S/C22H27NO3S2/c1-15-16(2)18(4)22(19(5)17(15)3)28(24,25)23(14-20-8-6-12-26-20)11-10-21-9-7-13-27-21/h6-9,12-13H,10-11,14H2,1-5H3. The Kier molecular flexibility index (Phi) is 6.12. The summed E-state index contributed by atoms with van der Waals surface area (Å²) >= 11 is 1.65. The molecule has 3 rings (SSSR count). The van der Waals surface area contributed by atoms with Gasteiger partial charge in [0, 0.05) is 11.4 Å². The summed E-state index contributed by atoms with van der Waals surface area (Å²) in [7, 11) is -3.68. The predicted molar refractivity (Wildman–Crippen MR) is 114 cm³/mol. The highest BCUT2D eigenvalue weighted by Gasteiger charge is 2.30. The van der Waals surface area contributed by atoms with Crippen LogP contribution in [0, 0.1) is 34.6 Å². The quantitative estimate of drug-likeness (QED) is 0.523. The minimum Gasteiger partial charge on any atom is -0.468 e. The number of hydrogen-bond donors (Lipinski definition) is 0. The molecule has 0 atom stereocenters. The summed E-state index contributed by atoms with van der Waals surface area (Å²) < 4.78 is 34.5. The zero-order valence-electron chi connectivity index (χ0n) is 17.1. The molecule has 0 radical (unpaired) electrons. The van der Waals surface area contributed by atoms with Gasteiger partial charge >= 0.3 is 0 Å². The Labute approximate surface area is 171 Å². The Bertz CT molecular complexity index is 1020. The van der Waals surface area contributed by atoms with Crippen molar-refractivity contribution < 1.29 is 12.8 Å². The smallest absolute Gasteiger partial charge is 0.244 e. The van der Waals surface area contributed by atoms with Gasteiger partial charge in [0.05, 0.1) is 17.7 Å². The monoisotopic (exact) mass is 417 g/mol. The van der Waals surface area contributed by atoms with Gasteiger partial charge in [-0.2, -0.15) is 4.31 Å². The second-order valence-electron chi connectivity index (χ2n) is 7.20. The van der Waals surface area contributed by atoms with Gasteiger partial charge in [-0.25, -0.2) is 8.42 Å². The number of benzene rings is 1. The summed E-state index contributed by atoms with van der Waals surface area (Å²) in [6.07, 6.45) is 2.26. The van der Waals surface area contributed by atoms with E-state index in [0.717, 1.165) is 27.8 Å². The van der Waals surface area contributed by atoms with Crippen molar-refractivity contribution in [3.63, 3.8) is 0 Å². The van der Waals surface area contributed by atoms with Crippen LogP contribution in [0.5, 0.6) is 0 Å². The molecule has 0 bridgehead atoms. The van der Waals surface area contributed by atoms with E-state index in [2.05, 4.69) is 6.92 Å². The van der Waals surface area contributed by atoms with E-state index >= 15 is 0 Å². The third kappa shape index (κ3) is 3.95. The molecule has 0 aliphatic carbocycles. The van der Waals surface area contributed by atoms with Crippen LogP contribution in [-0.2, 0) is 23.0 Å². The van der Waals surface area contributed by atoms with Crippen molar-refractivity contribution in [1.29, 1.82) is 0 Å². The van der Waals surface area contributed by atoms with Gasteiger partial charge in [-0.15, -0.1) is 11.3 Å². The molecule has 0 aliphatic heterocycles. The van der Waals surface area contributed by atoms with Crippen LogP contribution in [0.25, 0.3) is 0 Å².